The minimum atomic E-state index is -0.647. The van der Waals surface area contributed by atoms with Gasteiger partial charge in [0, 0.05) is 6.42 Å². The first kappa shape index (κ1) is 15.2. The molecule has 0 aliphatic rings. The number of hydrogen-bond acceptors (Lipinski definition) is 6. The maximum Gasteiger partial charge on any atom is 0.435 e. The van der Waals surface area contributed by atoms with E-state index in [9.17, 15) is 9.59 Å². The first-order valence-corrected chi connectivity index (χ1v) is 5.88. The molecule has 0 bridgehead atoms. The quantitative estimate of drug-likeness (QED) is 0.821. The Morgan fingerprint density at radius 2 is 2.05 bits per heavy atom. The third kappa shape index (κ3) is 3.78. The van der Waals surface area contributed by atoms with Gasteiger partial charge >= 0.3 is 12.1 Å². The molecular formula is C12H19N3O4. The average Bonchev–Trinajstić information content (AvgIpc) is 2.70. The number of nitrogens with zero attached hydrogens (tertiary/aromatic N) is 2. The first-order valence-electron chi connectivity index (χ1n) is 5.88. The lowest BCUT2D eigenvalue weighted by atomic mass is 10.2. The SMILES string of the molecule is COC(=O)c1cnn(C(=O)OC(C)(C)C)c1CCN. The lowest BCUT2D eigenvalue weighted by molar-refractivity contribution is 0.0509. The van der Waals surface area contributed by atoms with Gasteiger partial charge in [-0.15, -0.1) is 0 Å². The minimum Gasteiger partial charge on any atom is -0.465 e. The van der Waals surface area contributed by atoms with Gasteiger partial charge < -0.3 is 15.2 Å². The Hall–Kier alpha value is -1.89. The number of carbonyl (C=O) groups is 2. The summed E-state index contributed by atoms with van der Waals surface area (Å²) in [7, 11) is 1.26. The van der Waals surface area contributed by atoms with Crippen LogP contribution in [0.2, 0.25) is 0 Å². The summed E-state index contributed by atoms with van der Waals surface area (Å²) in [6.45, 7) is 5.52. The third-order valence-electron chi connectivity index (χ3n) is 2.22. The molecule has 1 aromatic heterocycles. The summed E-state index contributed by atoms with van der Waals surface area (Å²) in [5.41, 5.74) is 5.45. The molecule has 0 unspecified atom stereocenters. The van der Waals surface area contributed by atoms with Crippen LogP contribution in [-0.2, 0) is 15.9 Å². The molecule has 0 spiro atoms. The van der Waals surface area contributed by atoms with Crippen LogP contribution in [0.5, 0.6) is 0 Å². The van der Waals surface area contributed by atoms with Crippen LogP contribution in [0, 0.1) is 0 Å². The summed E-state index contributed by atoms with van der Waals surface area (Å²) in [5.74, 6) is -0.557. The van der Waals surface area contributed by atoms with E-state index in [1.165, 1.54) is 13.3 Å². The van der Waals surface area contributed by atoms with E-state index in [4.69, 9.17) is 10.5 Å². The van der Waals surface area contributed by atoms with Crippen molar-refractivity contribution in [1.29, 1.82) is 0 Å². The molecule has 0 fully saturated rings. The topological polar surface area (TPSA) is 96.4 Å². The van der Waals surface area contributed by atoms with E-state index >= 15 is 0 Å². The second-order valence-corrected chi connectivity index (χ2v) is 4.93. The fourth-order valence-corrected chi connectivity index (χ4v) is 1.49. The number of esters is 1. The fraction of sp³-hybridized carbons (Fsp3) is 0.583. The molecule has 0 radical (unpaired) electrons. The zero-order valence-corrected chi connectivity index (χ0v) is 11.6. The first-order chi connectivity index (χ1) is 8.80. The van der Waals surface area contributed by atoms with E-state index in [0.29, 0.717) is 12.1 Å². The Labute approximate surface area is 111 Å². The normalized spacial score (nSPS) is 11.2. The lowest BCUT2D eigenvalue weighted by Crippen LogP contribution is -2.29. The Morgan fingerprint density at radius 1 is 1.42 bits per heavy atom. The number of methoxy groups -OCH3 is 1. The molecular weight excluding hydrogens is 250 g/mol. The van der Waals surface area contributed by atoms with E-state index < -0.39 is 17.7 Å². The molecule has 0 amide bonds. The van der Waals surface area contributed by atoms with Crippen LogP contribution in [0.1, 0.15) is 36.8 Å². The Bertz CT molecular complexity index is 474. The standard InChI is InChI=1S/C12H19N3O4/c1-12(2,3)19-11(17)15-9(5-6-13)8(7-14-15)10(16)18-4/h7H,5-6,13H2,1-4H3. The van der Waals surface area contributed by atoms with Gasteiger partial charge in [0.15, 0.2) is 0 Å². The van der Waals surface area contributed by atoms with Crippen molar-refractivity contribution in [2.45, 2.75) is 32.8 Å². The summed E-state index contributed by atoms with van der Waals surface area (Å²) in [6.07, 6.45) is 0.954. The molecule has 19 heavy (non-hydrogen) atoms. The molecule has 106 valence electrons. The van der Waals surface area contributed by atoms with Gasteiger partial charge in [-0.1, -0.05) is 0 Å². The van der Waals surface area contributed by atoms with Crippen molar-refractivity contribution in [2.75, 3.05) is 13.7 Å². The zero-order valence-electron chi connectivity index (χ0n) is 11.6. The molecule has 7 heteroatoms. The van der Waals surface area contributed by atoms with E-state index in [2.05, 4.69) is 9.84 Å². The maximum atomic E-state index is 12.0. The second kappa shape index (κ2) is 5.83. The molecule has 0 aromatic carbocycles. The predicted molar refractivity (Wildman–Crippen MR) is 68.0 cm³/mol. The number of nitrogens with two attached hydrogens (primary N) is 1. The highest BCUT2D eigenvalue weighted by molar-refractivity contribution is 5.91. The van der Waals surface area contributed by atoms with Crippen LogP contribution in [0.15, 0.2) is 6.20 Å². The van der Waals surface area contributed by atoms with Gasteiger partial charge in [-0.25, -0.2) is 9.59 Å². The van der Waals surface area contributed by atoms with Gasteiger partial charge in [0.2, 0.25) is 0 Å². The number of ether oxygens (including phenoxy) is 2. The molecule has 1 aromatic rings. The Kier molecular flexibility index (Phi) is 4.66. The predicted octanol–water partition coefficient (Wildman–Crippen LogP) is 0.954. The number of rotatable bonds is 3. The van der Waals surface area contributed by atoms with Gasteiger partial charge in [0.1, 0.15) is 11.2 Å². The summed E-state index contributed by atoms with van der Waals surface area (Å²) in [6, 6.07) is 0. The minimum absolute atomic E-state index is 0.221. The molecule has 7 nitrogen and oxygen atoms in total. The Morgan fingerprint density at radius 3 is 2.53 bits per heavy atom. The van der Waals surface area contributed by atoms with Crippen molar-refractivity contribution in [2.24, 2.45) is 5.73 Å². The highest BCUT2D eigenvalue weighted by Gasteiger charge is 2.24. The van der Waals surface area contributed by atoms with Gasteiger partial charge in [-0.3, -0.25) is 0 Å². The molecule has 1 rings (SSSR count). The van der Waals surface area contributed by atoms with Gasteiger partial charge in [-0.2, -0.15) is 9.78 Å². The zero-order chi connectivity index (χ0) is 14.6. The van der Waals surface area contributed by atoms with Crippen LogP contribution in [0.25, 0.3) is 0 Å². The van der Waals surface area contributed by atoms with E-state index in [1.54, 1.807) is 20.8 Å². The fourth-order valence-electron chi connectivity index (χ4n) is 1.49. The summed E-state index contributed by atoms with van der Waals surface area (Å²) in [5, 5.41) is 3.87. The molecule has 0 saturated carbocycles. The van der Waals surface area contributed by atoms with Crippen LogP contribution >= 0.6 is 0 Å². The third-order valence-corrected chi connectivity index (χ3v) is 2.22. The van der Waals surface area contributed by atoms with E-state index in [0.717, 1.165) is 4.68 Å². The molecule has 2 N–H and O–H groups in total. The van der Waals surface area contributed by atoms with Gasteiger partial charge in [0.25, 0.3) is 0 Å². The number of aromatic nitrogens is 2. The second-order valence-electron chi connectivity index (χ2n) is 4.93. The van der Waals surface area contributed by atoms with Crippen LogP contribution in [0.4, 0.5) is 4.79 Å². The van der Waals surface area contributed by atoms with Gasteiger partial charge in [0.05, 0.1) is 19.0 Å². The molecule has 0 saturated heterocycles. The largest absolute Gasteiger partial charge is 0.465 e. The molecule has 0 aliphatic heterocycles. The van der Waals surface area contributed by atoms with Crippen molar-refractivity contribution < 1.29 is 19.1 Å². The smallest absolute Gasteiger partial charge is 0.435 e. The number of hydrogen-bond donors (Lipinski definition) is 1. The monoisotopic (exact) mass is 269 g/mol. The van der Waals surface area contributed by atoms with E-state index in [-0.39, 0.29) is 12.1 Å². The summed E-state index contributed by atoms with van der Waals surface area (Å²) in [4.78, 5) is 23.5. The molecule has 1 heterocycles. The molecule has 0 aliphatic carbocycles. The van der Waals surface area contributed by atoms with Crippen LogP contribution < -0.4 is 5.73 Å². The van der Waals surface area contributed by atoms with Crippen LogP contribution in [0.3, 0.4) is 0 Å². The van der Waals surface area contributed by atoms with Crippen molar-refractivity contribution in [3.05, 3.63) is 17.5 Å². The number of carbonyl (C=O) groups excluding carboxylic acids is 2. The van der Waals surface area contributed by atoms with Crippen molar-refractivity contribution in [1.82, 2.24) is 9.78 Å². The maximum absolute atomic E-state index is 12.0. The van der Waals surface area contributed by atoms with E-state index in [1.807, 2.05) is 0 Å². The van der Waals surface area contributed by atoms with Crippen molar-refractivity contribution >= 4 is 12.1 Å². The Balaban J connectivity index is 3.11. The highest BCUT2D eigenvalue weighted by Crippen LogP contribution is 2.14. The van der Waals surface area contributed by atoms with Crippen LogP contribution in [-0.4, -0.2) is 41.1 Å². The molecule has 0 atom stereocenters. The lowest BCUT2D eigenvalue weighted by Gasteiger charge is -2.19. The summed E-state index contributed by atoms with van der Waals surface area (Å²) < 4.78 is 10.9. The van der Waals surface area contributed by atoms with Crippen molar-refractivity contribution in [3.63, 3.8) is 0 Å². The van der Waals surface area contributed by atoms with Gasteiger partial charge in [-0.05, 0) is 27.3 Å². The van der Waals surface area contributed by atoms with Crippen molar-refractivity contribution in [3.8, 4) is 0 Å². The average molecular weight is 269 g/mol. The highest BCUT2D eigenvalue weighted by atomic mass is 16.6. The summed E-state index contributed by atoms with van der Waals surface area (Å²) >= 11 is 0.